The highest BCUT2D eigenvalue weighted by molar-refractivity contribution is 7.42. The first-order valence-corrected chi connectivity index (χ1v) is 23.8. The van der Waals surface area contributed by atoms with Crippen molar-refractivity contribution >= 4 is 29.1 Å². The van der Waals surface area contributed by atoms with Crippen LogP contribution < -0.4 is 0 Å². The highest BCUT2D eigenvalue weighted by Gasteiger charge is 2.45. The van der Waals surface area contributed by atoms with Crippen LogP contribution in [0.4, 0.5) is 0 Å². The van der Waals surface area contributed by atoms with Gasteiger partial charge in [-0.15, -0.1) is 0 Å². The molecule has 0 bridgehead atoms. The number of hydrogen-bond donors (Lipinski definition) is 0. The van der Waals surface area contributed by atoms with E-state index in [9.17, 15) is 9.59 Å². The summed E-state index contributed by atoms with van der Waals surface area (Å²) in [6.07, 6.45) is 39.7. The van der Waals surface area contributed by atoms with E-state index in [0.29, 0.717) is 39.3 Å². The first kappa shape index (κ1) is 46.8. The lowest BCUT2D eigenvalue weighted by Gasteiger charge is -2.40. The van der Waals surface area contributed by atoms with Gasteiger partial charge in [0.05, 0.1) is 31.8 Å². The SMILES string of the molecule is CCCCCCCCCCCCCCCCCC(=O)OP1OCC2(CO1)COP(OC(=O)CCCCCCCCCCCCCCCCC)OC2. The van der Waals surface area contributed by atoms with E-state index in [-0.39, 0.29) is 11.9 Å². The van der Waals surface area contributed by atoms with Crippen LogP contribution in [0, 0.1) is 5.41 Å². The fraction of sp³-hybridized carbons (Fsp3) is 0.951. The number of unbranched alkanes of at least 4 members (excludes halogenated alkanes) is 28. The first-order valence-electron chi connectivity index (χ1n) is 21.6. The van der Waals surface area contributed by atoms with Crippen molar-refractivity contribution in [1.29, 1.82) is 0 Å². The van der Waals surface area contributed by atoms with Crippen LogP contribution in [0.3, 0.4) is 0 Å². The molecule has 2 saturated heterocycles. The van der Waals surface area contributed by atoms with Crippen LogP contribution in [0.15, 0.2) is 0 Å². The Kier molecular flexibility index (Phi) is 30.3. The molecule has 10 heteroatoms. The highest BCUT2D eigenvalue weighted by Crippen LogP contribution is 2.53. The van der Waals surface area contributed by atoms with E-state index < -0.39 is 22.6 Å². The number of carbonyl (C=O) groups is 2. The quantitative estimate of drug-likeness (QED) is 0.0473. The lowest BCUT2D eigenvalue weighted by molar-refractivity contribution is -0.139. The first-order chi connectivity index (χ1) is 25.1. The van der Waals surface area contributed by atoms with E-state index in [2.05, 4.69) is 13.8 Å². The molecule has 0 aromatic carbocycles. The molecule has 0 radical (unpaired) electrons. The van der Waals surface area contributed by atoms with Crippen LogP contribution in [0.5, 0.6) is 0 Å². The van der Waals surface area contributed by atoms with Crippen molar-refractivity contribution < 1.29 is 36.7 Å². The van der Waals surface area contributed by atoms with Crippen LogP contribution in [-0.4, -0.2) is 38.4 Å². The standard InChI is InChI=1S/C41H78O8P2/c1-3-5-7-9-11-13-15-17-19-21-23-25-27-29-31-33-39(42)48-50-44-35-41(36-45-50)37-46-51(47-38-41)49-40(43)34-32-30-28-26-24-22-20-18-16-14-12-10-8-6-4-2/h3-38H2,1-2H3. The van der Waals surface area contributed by atoms with E-state index in [1.54, 1.807) is 0 Å². The number of carbonyl (C=O) groups excluding carboxylic acids is 2. The largest absolute Gasteiger partial charge is 0.399 e. The zero-order chi connectivity index (χ0) is 36.5. The molecule has 2 rings (SSSR count). The Morgan fingerprint density at radius 1 is 0.392 bits per heavy atom. The Bertz CT molecular complexity index is 746. The second kappa shape index (κ2) is 33.0. The molecule has 2 fully saturated rings. The van der Waals surface area contributed by atoms with Gasteiger partial charge in [-0.05, 0) is 12.8 Å². The summed E-state index contributed by atoms with van der Waals surface area (Å²) in [7, 11) is -3.38. The Labute approximate surface area is 316 Å². The smallest absolute Gasteiger partial charge is 0.394 e. The maximum absolute atomic E-state index is 12.3. The molecular formula is C41H78O8P2. The summed E-state index contributed by atoms with van der Waals surface area (Å²) in [5, 5.41) is 0. The fourth-order valence-corrected chi connectivity index (χ4v) is 9.12. The zero-order valence-electron chi connectivity index (χ0n) is 33.1. The number of hydrogen-bond acceptors (Lipinski definition) is 8. The highest BCUT2D eigenvalue weighted by atomic mass is 31.2. The van der Waals surface area contributed by atoms with Gasteiger partial charge >= 0.3 is 29.1 Å². The molecule has 0 amide bonds. The fourth-order valence-electron chi connectivity index (χ4n) is 6.73. The third-order valence-corrected chi connectivity index (χ3v) is 12.3. The number of rotatable bonds is 34. The molecule has 51 heavy (non-hydrogen) atoms. The molecular weight excluding hydrogens is 682 g/mol. The third kappa shape index (κ3) is 26.1. The molecule has 0 saturated carbocycles. The van der Waals surface area contributed by atoms with Crippen molar-refractivity contribution in [2.24, 2.45) is 5.41 Å². The molecule has 8 nitrogen and oxygen atoms in total. The van der Waals surface area contributed by atoms with Gasteiger partial charge in [-0.3, -0.25) is 9.59 Å². The normalized spacial score (nSPS) is 20.5. The summed E-state index contributed by atoms with van der Waals surface area (Å²) < 4.78 is 34.0. The molecule has 0 unspecified atom stereocenters. The van der Waals surface area contributed by atoms with Gasteiger partial charge in [-0.1, -0.05) is 194 Å². The summed E-state index contributed by atoms with van der Waals surface area (Å²) in [6.45, 7) is 5.83. The van der Waals surface area contributed by atoms with Crippen LogP contribution in [0.1, 0.15) is 219 Å². The van der Waals surface area contributed by atoms with Gasteiger partial charge in [0.2, 0.25) is 0 Å². The van der Waals surface area contributed by atoms with Crippen molar-refractivity contribution in [3.05, 3.63) is 0 Å². The maximum atomic E-state index is 12.3. The van der Waals surface area contributed by atoms with E-state index >= 15 is 0 Å². The van der Waals surface area contributed by atoms with Crippen molar-refractivity contribution in [2.45, 2.75) is 219 Å². The lowest BCUT2D eigenvalue weighted by Crippen LogP contribution is -2.45. The van der Waals surface area contributed by atoms with Gasteiger partial charge in [0.1, 0.15) is 0 Å². The minimum absolute atomic E-state index is 0.257. The summed E-state index contributed by atoms with van der Waals surface area (Å²) in [5.74, 6) is -0.514. The van der Waals surface area contributed by atoms with Crippen molar-refractivity contribution in [3.63, 3.8) is 0 Å². The summed E-state index contributed by atoms with van der Waals surface area (Å²) in [6, 6.07) is 0. The topological polar surface area (TPSA) is 89.5 Å². The minimum Gasteiger partial charge on any atom is -0.394 e. The second-order valence-corrected chi connectivity index (χ2v) is 17.7. The molecule has 1 spiro atoms. The van der Waals surface area contributed by atoms with Crippen LogP contribution in [-0.2, 0) is 36.7 Å². The Balaban J connectivity index is 1.35. The van der Waals surface area contributed by atoms with E-state index in [4.69, 9.17) is 27.1 Å². The third-order valence-electron chi connectivity index (χ3n) is 10.2. The average Bonchev–Trinajstić information content (AvgIpc) is 3.13. The molecule has 300 valence electrons. The average molecular weight is 761 g/mol. The van der Waals surface area contributed by atoms with E-state index in [0.717, 1.165) is 25.7 Å². The monoisotopic (exact) mass is 761 g/mol. The van der Waals surface area contributed by atoms with Gasteiger partial charge < -0.3 is 27.1 Å². The summed E-state index contributed by atoms with van der Waals surface area (Å²) in [4.78, 5) is 24.6. The maximum Gasteiger partial charge on any atom is 0.399 e. The van der Waals surface area contributed by atoms with Gasteiger partial charge in [0.25, 0.3) is 0 Å². The van der Waals surface area contributed by atoms with Crippen molar-refractivity contribution in [1.82, 2.24) is 0 Å². The minimum atomic E-state index is -1.69. The predicted molar refractivity (Wildman–Crippen MR) is 211 cm³/mol. The summed E-state index contributed by atoms with van der Waals surface area (Å²) in [5.41, 5.74) is -0.473. The molecule has 2 aliphatic heterocycles. The van der Waals surface area contributed by atoms with Crippen LogP contribution in [0.2, 0.25) is 0 Å². The van der Waals surface area contributed by atoms with E-state index in [1.165, 1.54) is 167 Å². The van der Waals surface area contributed by atoms with Crippen LogP contribution >= 0.6 is 17.2 Å². The summed E-state index contributed by atoms with van der Waals surface area (Å²) >= 11 is 0. The van der Waals surface area contributed by atoms with Gasteiger partial charge in [0.15, 0.2) is 0 Å². The Hall–Kier alpha value is -0.360. The Morgan fingerprint density at radius 3 is 0.843 bits per heavy atom. The van der Waals surface area contributed by atoms with Gasteiger partial charge in [0, 0.05) is 12.8 Å². The molecule has 2 aliphatic rings. The van der Waals surface area contributed by atoms with Crippen LogP contribution in [0.25, 0.3) is 0 Å². The molecule has 0 aromatic heterocycles. The Morgan fingerprint density at radius 2 is 0.608 bits per heavy atom. The van der Waals surface area contributed by atoms with E-state index in [1.807, 2.05) is 0 Å². The molecule has 0 N–H and O–H groups in total. The molecule has 0 aliphatic carbocycles. The molecule has 2 heterocycles. The molecule has 0 atom stereocenters. The van der Waals surface area contributed by atoms with Crippen molar-refractivity contribution in [3.8, 4) is 0 Å². The predicted octanol–water partition coefficient (Wildman–Crippen LogP) is 14.1. The molecule has 0 aromatic rings. The zero-order valence-corrected chi connectivity index (χ0v) is 34.9. The van der Waals surface area contributed by atoms with Gasteiger partial charge in [-0.25, -0.2) is 0 Å². The second-order valence-electron chi connectivity index (χ2n) is 15.4. The lowest BCUT2D eigenvalue weighted by atomic mass is 9.93. The van der Waals surface area contributed by atoms with Gasteiger partial charge in [-0.2, -0.15) is 0 Å². The van der Waals surface area contributed by atoms with Crippen molar-refractivity contribution in [2.75, 3.05) is 26.4 Å².